The number of hydrogen-bond donors (Lipinski definition) is 0. The molecule has 88 valence electrons. The molecule has 2 rings (SSSR count). The number of Topliss-reactive ketones (excluding diaryl/α,β-unsaturated/α-hetero) is 1. The minimum Gasteiger partial charge on any atom is -0.293 e. The minimum atomic E-state index is 0.266. The Morgan fingerprint density at radius 1 is 1.44 bits per heavy atom. The molecule has 0 amide bonds. The van der Waals surface area contributed by atoms with E-state index in [4.69, 9.17) is 0 Å². The molecule has 1 aliphatic carbocycles. The van der Waals surface area contributed by atoms with Crippen molar-refractivity contribution in [1.82, 2.24) is 4.98 Å². The predicted octanol–water partition coefficient (Wildman–Crippen LogP) is 3.85. The lowest BCUT2D eigenvalue weighted by molar-refractivity contribution is 0.0874. The lowest BCUT2D eigenvalue weighted by Gasteiger charge is -2.26. The highest BCUT2D eigenvalue weighted by Crippen LogP contribution is 2.33. The molecule has 0 aromatic carbocycles. The molecule has 3 heteroatoms. The third kappa shape index (κ3) is 2.34. The fraction of sp³-hybridized carbons (Fsp3) is 0.692. The van der Waals surface area contributed by atoms with Crippen molar-refractivity contribution in [2.45, 2.75) is 46.0 Å². The lowest BCUT2D eigenvalue weighted by Crippen LogP contribution is -2.21. The summed E-state index contributed by atoms with van der Waals surface area (Å²) in [6, 6.07) is 0. The van der Waals surface area contributed by atoms with Crippen molar-refractivity contribution in [2.75, 3.05) is 0 Å². The Bertz CT molecular complexity index is 364. The van der Waals surface area contributed by atoms with Crippen LogP contribution in [0, 0.1) is 18.8 Å². The van der Waals surface area contributed by atoms with Crippen molar-refractivity contribution >= 4 is 17.1 Å². The SMILES string of the molecule is CCC1CCC(C(=O)c2scnc2C)CC1. The summed E-state index contributed by atoms with van der Waals surface area (Å²) >= 11 is 1.50. The average molecular weight is 237 g/mol. The maximum Gasteiger partial charge on any atom is 0.177 e. The number of nitrogens with zero attached hydrogens (tertiary/aromatic N) is 1. The number of hydrogen-bond acceptors (Lipinski definition) is 3. The van der Waals surface area contributed by atoms with E-state index in [0.29, 0.717) is 5.78 Å². The van der Waals surface area contributed by atoms with Gasteiger partial charge < -0.3 is 0 Å². The fourth-order valence-corrected chi connectivity index (χ4v) is 3.38. The summed E-state index contributed by atoms with van der Waals surface area (Å²) in [5.74, 6) is 1.46. The van der Waals surface area contributed by atoms with Crippen LogP contribution in [0.3, 0.4) is 0 Å². The summed E-state index contributed by atoms with van der Waals surface area (Å²) < 4.78 is 0. The maximum atomic E-state index is 12.2. The molecule has 2 nitrogen and oxygen atoms in total. The first-order valence-corrected chi connectivity index (χ1v) is 7.04. The number of thiazole rings is 1. The quantitative estimate of drug-likeness (QED) is 0.747. The van der Waals surface area contributed by atoms with Crippen molar-refractivity contribution in [1.29, 1.82) is 0 Å². The topological polar surface area (TPSA) is 30.0 Å². The highest BCUT2D eigenvalue weighted by Gasteiger charge is 2.27. The van der Waals surface area contributed by atoms with Crippen molar-refractivity contribution < 1.29 is 4.79 Å². The van der Waals surface area contributed by atoms with Gasteiger partial charge in [-0.15, -0.1) is 11.3 Å². The van der Waals surface area contributed by atoms with Crippen LogP contribution in [0.15, 0.2) is 5.51 Å². The Kier molecular flexibility index (Phi) is 3.74. The molecule has 0 N–H and O–H groups in total. The summed E-state index contributed by atoms with van der Waals surface area (Å²) in [6.07, 6.45) is 5.87. The van der Waals surface area contributed by atoms with Crippen LogP contribution in [0.2, 0.25) is 0 Å². The molecular weight excluding hydrogens is 218 g/mol. The third-order valence-electron chi connectivity index (χ3n) is 3.76. The average Bonchev–Trinajstić information content (AvgIpc) is 2.75. The molecule has 0 aliphatic heterocycles. The van der Waals surface area contributed by atoms with E-state index in [1.807, 2.05) is 6.92 Å². The molecule has 1 heterocycles. The highest BCUT2D eigenvalue weighted by atomic mass is 32.1. The van der Waals surface area contributed by atoms with Gasteiger partial charge in [-0.1, -0.05) is 13.3 Å². The molecule has 0 unspecified atom stereocenters. The number of carbonyl (C=O) groups is 1. The number of aromatic nitrogens is 1. The van der Waals surface area contributed by atoms with Gasteiger partial charge in [-0.05, 0) is 38.5 Å². The van der Waals surface area contributed by atoms with Gasteiger partial charge in [0, 0.05) is 5.92 Å². The molecule has 0 radical (unpaired) electrons. The van der Waals surface area contributed by atoms with Crippen molar-refractivity contribution in [2.24, 2.45) is 11.8 Å². The van der Waals surface area contributed by atoms with Crippen LogP contribution in [0.5, 0.6) is 0 Å². The number of ketones is 1. The Labute approximate surface area is 101 Å². The van der Waals surface area contributed by atoms with E-state index in [2.05, 4.69) is 11.9 Å². The Hall–Kier alpha value is -0.700. The van der Waals surface area contributed by atoms with E-state index in [0.717, 1.165) is 29.3 Å². The van der Waals surface area contributed by atoms with E-state index < -0.39 is 0 Å². The van der Waals surface area contributed by atoms with Gasteiger partial charge in [0.1, 0.15) is 0 Å². The van der Waals surface area contributed by atoms with Gasteiger partial charge in [0.2, 0.25) is 0 Å². The Morgan fingerprint density at radius 2 is 2.12 bits per heavy atom. The van der Waals surface area contributed by atoms with Crippen molar-refractivity contribution in [3.05, 3.63) is 16.1 Å². The Balaban J connectivity index is 2.00. The summed E-state index contributed by atoms with van der Waals surface area (Å²) in [5.41, 5.74) is 2.69. The molecule has 1 aromatic heterocycles. The zero-order valence-electron chi connectivity index (χ0n) is 10.0. The minimum absolute atomic E-state index is 0.266. The molecule has 0 atom stereocenters. The van der Waals surface area contributed by atoms with Gasteiger partial charge in [0.15, 0.2) is 5.78 Å². The Morgan fingerprint density at radius 3 is 2.62 bits per heavy atom. The molecule has 0 saturated heterocycles. The lowest BCUT2D eigenvalue weighted by atomic mass is 9.79. The van der Waals surface area contributed by atoms with Gasteiger partial charge in [-0.2, -0.15) is 0 Å². The van der Waals surface area contributed by atoms with Crippen molar-refractivity contribution in [3.8, 4) is 0 Å². The van der Waals surface area contributed by atoms with Crippen LogP contribution < -0.4 is 0 Å². The molecule has 1 aromatic rings. The summed E-state index contributed by atoms with van der Waals surface area (Å²) in [4.78, 5) is 17.3. The van der Waals surface area contributed by atoms with Gasteiger partial charge in [-0.25, -0.2) is 4.98 Å². The molecule has 16 heavy (non-hydrogen) atoms. The molecule has 0 spiro atoms. The summed E-state index contributed by atoms with van der Waals surface area (Å²) in [5, 5.41) is 0. The second-order valence-electron chi connectivity index (χ2n) is 4.76. The zero-order chi connectivity index (χ0) is 11.5. The van der Waals surface area contributed by atoms with E-state index >= 15 is 0 Å². The van der Waals surface area contributed by atoms with Crippen molar-refractivity contribution in [3.63, 3.8) is 0 Å². The van der Waals surface area contributed by atoms with E-state index in [1.54, 1.807) is 5.51 Å². The highest BCUT2D eigenvalue weighted by molar-refractivity contribution is 7.11. The third-order valence-corrected chi connectivity index (χ3v) is 4.71. The molecule has 1 saturated carbocycles. The second-order valence-corrected chi connectivity index (χ2v) is 5.61. The first-order valence-electron chi connectivity index (χ1n) is 6.16. The summed E-state index contributed by atoms with van der Waals surface area (Å²) in [6.45, 7) is 4.18. The van der Waals surface area contributed by atoms with Crippen LogP contribution in [0.1, 0.15) is 54.4 Å². The largest absolute Gasteiger partial charge is 0.293 e. The van der Waals surface area contributed by atoms with Crippen LogP contribution >= 0.6 is 11.3 Å². The van der Waals surface area contributed by atoms with E-state index in [1.165, 1.54) is 30.6 Å². The molecule has 0 bridgehead atoms. The smallest absolute Gasteiger partial charge is 0.177 e. The first-order chi connectivity index (χ1) is 7.72. The first kappa shape index (κ1) is 11.8. The van der Waals surface area contributed by atoms with Crippen LogP contribution in [0.25, 0.3) is 0 Å². The molecular formula is C13H19NOS. The van der Waals surface area contributed by atoms with Crippen LogP contribution in [-0.4, -0.2) is 10.8 Å². The zero-order valence-corrected chi connectivity index (χ0v) is 10.8. The monoisotopic (exact) mass is 237 g/mol. The van der Waals surface area contributed by atoms with Gasteiger partial charge in [0.05, 0.1) is 16.1 Å². The molecule has 1 fully saturated rings. The number of carbonyl (C=O) groups excluding carboxylic acids is 1. The van der Waals surface area contributed by atoms with E-state index in [-0.39, 0.29) is 5.92 Å². The van der Waals surface area contributed by atoms with Gasteiger partial charge in [-0.3, -0.25) is 4.79 Å². The van der Waals surface area contributed by atoms with Crippen LogP contribution in [0.4, 0.5) is 0 Å². The van der Waals surface area contributed by atoms with E-state index in [9.17, 15) is 4.79 Å². The fourth-order valence-electron chi connectivity index (χ4n) is 2.56. The van der Waals surface area contributed by atoms with Gasteiger partial charge in [0.25, 0.3) is 0 Å². The predicted molar refractivity (Wildman–Crippen MR) is 66.9 cm³/mol. The normalized spacial score (nSPS) is 25.6. The van der Waals surface area contributed by atoms with Crippen LogP contribution in [-0.2, 0) is 0 Å². The molecule has 1 aliphatic rings. The summed E-state index contributed by atoms with van der Waals surface area (Å²) in [7, 11) is 0. The van der Waals surface area contributed by atoms with Gasteiger partial charge >= 0.3 is 0 Å². The standard InChI is InChI=1S/C13H19NOS/c1-3-10-4-6-11(7-5-10)12(15)13-9(2)14-8-16-13/h8,10-11H,3-7H2,1-2H3. The second kappa shape index (κ2) is 5.09. The maximum absolute atomic E-state index is 12.2. The number of aryl methyl sites for hydroxylation is 1. The number of rotatable bonds is 3.